The summed E-state index contributed by atoms with van der Waals surface area (Å²) < 4.78 is 28.6. The van der Waals surface area contributed by atoms with E-state index in [1.165, 1.54) is 41.1 Å². The van der Waals surface area contributed by atoms with E-state index in [4.69, 9.17) is 0 Å². The second-order valence-electron chi connectivity index (χ2n) is 6.82. The number of benzene rings is 1. The molecule has 4 rings (SSSR count). The zero-order chi connectivity index (χ0) is 18.1. The number of rotatable bonds is 5. The van der Waals surface area contributed by atoms with Gasteiger partial charge in [-0.1, -0.05) is 30.4 Å². The van der Waals surface area contributed by atoms with Gasteiger partial charge in [0, 0.05) is 6.54 Å². The van der Waals surface area contributed by atoms with Crippen molar-refractivity contribution in [1.29, 1.82) is 0 Å². The number of thiazole rings is 1. The SMILES string of the molecule is CC1CCN(Cc2ccc3nc(NS(=O)(=O)c4cccs4)sc3c2)CC1. The molecule has 1 aromatic carbocycles. The first-order valence-electron chi connectivity index (χ1n) is 8.68. The molecule has 138 valence electrons. The molecule has 8 heteroatoms. The number of anilines is 1. The van der Waals surface area contributed by atoms with E-state index in [0.717, 1.165) is 35.8 Å². The van der Waals surface area contributed by atoms with Crippen LogP contribution in [0, 0.1) is 5.92 Å². The molecule has 0 radical (unpaired) electrons. The van der Waals surface area contributed by atoms with Crippen molar-refractivity contribution in [3.8, 4) is 0 Å². The summed E-state index contributed by atoms with van der Waals surface area (Å²) in [5, 5.41) is 2.16. The number of fused-ring (bicyclic) bond motifs is 1. The van der Waals surface area contributed by atoms with Gasteiger partial charge in [-0.2, -0.15) is 0 Å². The number of sulfonamides is 1. The van der Waals surface area contributed by atoms with Gasteiger partial charge in [0.05, 0.1) is 10.2 Å². The van der Waals surface area contributed by atoms with Crippen LogP contribution < -0.4 is 4.72 Å². The lowest BCUT2D eigenvalue weighted by Crippen LogP contribution is -2.32. The van der Waals surface area contributed by atoms with Crippen LogP contribution in [0.1, 0.15) is 25.3 Å². The van der Waals surface area contributed by atoms with Gasteiger partial charge >= 0.3 is 0 Å². The van der Waals surface area contributed by atoms with Gasteiger partial charge in [0.25, 0.3) is 10.0 Å². The van der Waals surface area contributed by atoms with Gasteiger partial charge in [-0.3, -0.25) is 9.62 Å². The van der Waals surface area contributed by atoms with E-state index in [9.17, 15) is 8.42 Å². The van der Waals surface area contributed by atoms with Crippen molar-refractivity contribution >= 4 is 48.0 Å². The van der Waals surface area contributed by atoms with E-state index in [1.54, 1.807) is 17.5 Å². The second kappa shape index (κ2) is 7.26. The van der Waals surface area contributed by atoms with Crippen LogP contribution >= 0.6 is 22.7 Å². The Labute approximate surface area is 161 Å². The lowest BCUT2D eigenvalue weighted by molar-refractivity contribution is 0.185. The molecule has 26 heavy (non-hydrogen) atoms. The fourth-order valence-electron chi connectivity index (χ4n) is 3.17. The Morgan fingerprint density at radius 2 is 2.08 bits per heavy atom. The lowest BCUT2D eigenvalue weighted by Gasteiger charge is -2.30. The van der Waals surface area contributed by atoms with Crippen molar-refractivity contribution in [3.05, 3.63) is 41.3 Å². The first kappa shape index (κ1) is 17.9. The standard InChI is InChI=1S/C18H21N3O2S3/c1-13-6-8-21(9-7-13)12-14-4-5-15-16(11-14)25-18(19-15)20-26(22,23)17-3-2-10-24-17/h2-5,10-11,13H,6-9,12H2,1H3,(H,19,20). The molecular weight excluding hydrogens is 386 g/mol. The molecule has 1 aliphatic heterocycles. The second-order valence-corrected chi connectivity index (χ2v) is 10.7. The molecular formula is C18H21N3O2S3. The van der Waals surface area contributed by atoms with Gasteiger partial charge in [-0.05, 0) is 61.0 Å². The first-order chi connectivity index (χ1) is 12.5. The van der Waals surface area contributed by atoms with E-state index in [2.05, 4.69) is 33.7 Å². The minimum atomic E-state index is -3.55. The van der Waals surface area contributed by atoms with Crippen LogP contribution in [0.25, 0.3) is 10.2 Å². The van der Waals surface area contributed by atoms with Crippen LogP contribution in [0.4, 0.5) is 5.13 Å². The van der Waals surface area contributed by atoms with E-state index in [1.807, 2.05) is 6.07 Å². The Kier molecular flexibility index (Phi) is 5.00. The third-order valence-corrected chi connectivity index (χ3v) is 8.52. The Balaban J connectivity index is 1.51. The number of aromatic nitrogens is 1. The first-order valence-corrected chi connectivity index (χ1v) is 11.9. The quantitative estimate of drug-likeness (QED) is 0.681. The number of thiophene rings is 1. The number of nitrogens with zero attached hydrogens (tertiary/aromatic N) is 2. The van der Waals surface area contributed by atoms with Crippen LogP contribution in [0.5, 0.6) is 0 Å². The molecule has 5 nitrogen and oxygen atoms in total. The minimum absolute atomic E-state index is 0.303. The Bertz CT molecular complexity index is 988. The summed E-state index contributed by atoms with van der Waals surface area (Å²) in [6.45, 7) is 5.55. The smallest absolute Gasteiger partial charge is 0.273 e. The van der Waals surface area contributed by atoms with Gasteiger partial charge < -0.3 is 0 Å². The third kappa shape index (κ3) is 3.93. The van der Waals surface area contributed by atoms with E-state index in [-0.39, 0.29) is 0 Å². The number of hydrogen-bond acceptors (Lipinski definition) is 6. The molecule has 0 bridgehead atoms. The van der Waals surface area contributed by atoms with Crippen LogP contribution in [0.3, 0.4) is 0 Å². The van der Waals surface area contributed by atoms with Gasteiger partial charge in [-0.25, -0.2) is 13.4 Å². The average molecular weight is 408 g/mol. The largest absolute Gasteiger partial charge is 0.299 e. The Morgan fingerprint density at radius 1 is 1.27 bits per heavy atom. The lowest BCUT2D eigenvalue weighted by atomic mass is 9.99. The maximum absolute atomic E-state index is 12.4. The Hall–Kier alpha value is -1.48. The van der Waals surface area contributed by atoms with Crippen LogP contribution in [-0.2, 0) is 16.6 Å². The van der Waals surface area contributed by atoms with Crippen molar-refractivity contribution < 1.29 is 8.42 Å². The maximum atomic E-state index is 12.4. The predicted molar refractivity (Wildman–Crippen MR) is 108 cm³/mol. The zero-order valence-corrected chi connectivity index (χ0v) is 17.0. The zero-order valence-electron chi connectivity index (χ0n) is 14.5. The predicted octanol–water partition coefficient (Wildman–Crippen LogP) is 4.39. The molecule has 0 amide bonds. The normalized spacial score (nSPS) is 17.0. The van der Waals surface area contributed by atoms with E-state index in [0.29, 0.717) is 9.34 Å². The maximum Gasteiger partial charge on any atom is 0.273 e. The van der Waals surface area contributed by atoms with Gasteiger partial charge in [0.15, 0.2) is 5.13 Å². The fraction of sp³-hybridized carbons (Fsp3) is 0.389. The summed E-state index contributed by atoms with van der Waals surface area (Å²) >= 11 is 2.58. The molecule has 0 aliphatic carbocycles. The highest BCUT2D eigenvalue weighted by molar-refractivity contribution is 7.94. The fourth-order valence-corrected chi connectivity index (χ4v) is 6.33. The Morgan fingerprint density at radius 3 is 2.81 bits per heavy atom. The summed E-state index contributed by atoms with van der Waals surface area (Å²) in [5.41, 5.74) is 2.08. The van der Waals surface area contributed by atoms with Gasteiger partial charge in [-0.15, -0.1) is 11.3 Å². The summed E-state index contributed by atoms with van der Waals surface area (Å²) in [5.74, 6) is 0.828. The van der Waals surface area contributed by atoms with Crippen molar-refractivity contribution in [1.82, 2.24) is 9.88 Å². The van der Waals surface area contributed by atoms with Crippen molar-refractivity contribution in [3.63, 3.8) is 0 Å². The monoisotopic (exact) mass is 407 g/mol. The average Bonchev–Trinajstić information content (AvgIpc) is 3.26. The molecule has 1 N–H and O–H groups in total. The van der Waals surface area contributed by atoms with Crippen molar-refractivity contribution in [2.75, 3.05) is 17.8 Å². The number of nitrogens with one attached hydrogen (secondary N) is 1. The van der Waals surface area contributed by atoms with E-state index >= 15 is 0 Å². The molecule has 1 fully saturated rings. The molecule has 0 saturated carbocycles. The highest BCUT2D eigenvalue weighted by Crippen LogP contribution is 2.30. The van der Waals surface area contributed by atoms with Gasteiger partial charge in [0.2, 0.25) is 0 Å². The number of hydrogen-bond donors (Lipinski definition) is 1. The molecule has 3 aromatic rings. The van der Waals surface area contributed by atoms with Crippen molar-refractivity contribution in [2.24, 2.45) is 5.92 Å². The number of piperidine rings is 1. The molecule has 1 saturated heterocycles. The summed E-state index contributed by atoms with van der Waals surface area (Å²) in [4.78, 5) is 6.91. The molecule has 1 aliphatic rings. The van der Waals surface area contributed by atoms with Crippen molar-refractivity contribution in [2.45, 2.75) is 30.5 Å². The van der Waals surface area contributed by atoms with Crippen LogP contribution in [0.2, 0.25) is 0 Å². The third-order valence-electron chi connectivity index (χ3n) is 4.72. The highest BCUT2D eigenvalue weighted by Gasteiger charge is 2.18. The van der Waals surface area contributed by atoms with Crippen LogP contribution in [-0.4, -0.2) is 31.4 Å². The van der Waals surface area contributed by atoms with E-state index < -0.39 is 10.0 Å². The number of likely N-dealkylation sites (tertiary alicyclic amines) is 1. The molecule has 3 heterocycles. The summed E-state index contributed by atoms with van der Waals surface area (Å²) in [7, 11) is -3.55. The van der Waals surface area contributed by atoms with Crippen LogP contribution in [0.15, 0.2) is 39.9 Å². The summed E-state index contributed by atoms with van der Waals surface area (Å²) in [6.07, 6.45) is 2.52. The molecule has 0 spiro atoms. The highest BCUT2D eigenvalue weighted by atomic mass is 32.2. The molecule has 0 unspecified atom stereocenters. The minimum Gasteiger partial charge on any atom is -0.299 e. The van der Waals surface area contributed by atoms with Gasteiger partial charge in [0.1, 0.15) is 4.21 Å². The summed E-state index contributed by atoms with van der Waals surface area (Å²) in [6, 6.07) is 9.53. The topological polar surface area (TPSA) is 62.3 Å². The molecule has 0 atom stereocenters. The molecule has 2 aromatic heterocycles.